The molecule has 0 aromatic carbocycles. The molecule has 3 aliphatic rings. The minimum absolute atomic E-state index is 0.0896. The summed E-state index contributed by atoms with van der Waals surface area (Å²) in [6.07, 6.45) is -1.33. The largest absolute Gasteiger partial charge is 0.444 e. The third-order valence-corrected chi connectivity index (χ3v) is 5.14. The third-order valence-electron chi connectivity index (χ3n) is 5.14. The smallest absolute Gasteiger partial charge is 0.410 e. The van der Waals surface area contributed by atoms with Crippen LogP contribution in [0.1, 0.15) is 52.9 Å². The van der Waals surface area contributed by atoms with Crippen molar-refractivity contribution in [1.82, 2.24) is 15.0 Å². The molecule has 180 valence electrons. The Labute approximate surface area is 188 Å². The normalized spacial score (nSPS) is 23.8. The van der Waals surface area contributed by atoms with Crippen LogP contribution in [0.3, 0.4) is 0 Å². The van der Waals surface area contributed by atoms with Gasteiger partial charge in [0.15, 0.2) is 0 Å². The lowest BCUT2D eigenvalue weighted by Crippen LogP contribution is -2.51. The summed E-state index contributed by atoms with van der Waals surface area (Å²) >= 11 is 0. The zero-order valence-electron chi connectivity index (χ0n) is 18.5. The average molecular weight is 467 g/mol. The molecule has 13 heteroatoms. The highest BCUT2D eigenvalue weighted by molar-refractivity contribution is 6.02. The molecule has 3 saturated heterocycles. The van der Waals surface area contributed by atoms with Gasteiger partial charge in [-0.25, -0.2) is 14.4 Å². The summed E-state index contributed by atoms with van der Waals surface area (Å²) in [6, 6.07) is 0. The first-order chi connectivity index (χ1) is 15.4. The topological polar surface area (TPSA) is 157 Å². The molecule has 0 aromatic rings. The number of carbonyl (C=O) groups excluding carboxylic acids is 7. The highest BCUT2D eigenvalue weighted by atomic mass is 16.7. The zero-order valence-corrected chi connectivity index (χ0v) is 18.5. The Morgan fingerprint density at radius 2 is 1.09 bits per heavy atom. The van der Waals surface area contributed by atoms with Crippen LogP contribution in [0, 0.1) is 11.8 Å². The fourth-order valence-electron chi connectivity index (χ4n) is 3.56. The van der Waals surface area contributed by atoms with Gasteiger partial charge in [0.25, 0.3) is 23.6 Å². The molecule has 0 N–H and O–H groups in total. The highest BCUT2D eigenvalue weighted by Crippen LogP contribution is 2.28. The molecule has 3 heterocycles. The summed E-state index contributed by atoms with van der Waals surface area (Å²) < 4.78 is 5.31. The maximum atomic E-state index is 12.7. The van der Waals surface area contributed by atoms with Crippen molar-refractivity contribution in [3.05, 3.63) is 0 Å². The van der Waals surface area contributed by atoms with Crippen LogP contribution in [0.25, 0.3) is 0 Å². The number of imide groups is 2. The molecule has 0 aromatic heterocycles. The van der Waals surface area contributed by atoms with Crippen molar-refractivity contribution in [2.75, 3.05) is 13.1 Å². The summed E-state index contributed by atoms with van der Waals surface area (Å²) in [5, 5.41) is 0.757. The first kappa shape index (κ1) is 24.1. The Balaban J connectivity index is 1.75. The number of hydrogen-bond acceptors (Lipinski definition) is 10. The zero-order chi connectivity index (χ0) is 24.5. The van der Waals surface area contributed by atoms with Crippen molar-refractivity contribution in [2.24, 2.45) is 11.8 Å². The molecule has 3 rings (SSSR count). The fourth-order valence-corrected chi connectivity index (χ4v) is 3.56. The first-order valence-corrected chi connectivity index (χ1v) is 10.5. The maximum Gasteiger partial charge on any atom is 0.410 e. The number of ether oxygens (including phenoxy) is 1. The number of hydroxylamine groups is 4. The SMILES string of the molecule is CC(C)(C)OC(=O)N1C[C@H](C(=O)ON2C(=O)CCC2=O)C[C@H](C(=O)ON2C(=O)CCC2=O)C1. The van der Waals surface area contributed by atoms with Crippen molar-refractivity contribution < 1.29 is 48.0 Å². The predicted octanol–water partition coefficient (Wildman–Crippen LogP) is 0.0740. The number of likely N-dealkylation sites (tertiary alicyclic amines) is 1. The van der Waals surface area contributed by atoms with E-state index in [9.17, 15) is 33.6 Å². The summed E-state index contributed by atoms with van der Waals surface area (Å²) in [4.78, 5) is 96.0. The Kier molecular flexibility index (Phi) is 6.70. The molecule has 3 aliphatic heterocycles. The van der Waals surface area contributed by atoms with E-state index in [4.69, 9.17) is 14.4 Å². The molecule has 0 radical (unpaired) electrons. The number of hydrogen-bond donors (Lipinski definition) is 0. The van der Waals surface area contributed by atoms with E-state index in [1.54, 1.807) is 20.8 Å². The van der Waals surface area contributed by atoms with Gasteiger partial charge in [-0.3, -0.25) is 19.2 Å². The van der Waals surface area contributed by atoms with Gasteiger partial charge < -0.3 is 19.3 Å². The van der Waals surface area contributed by atoms with Crippen molar-refractivity contribution in [2.45, 2.75) is 58.5 Å². The van der Waals surface area contributed by atoms with Crippen LogP contribution in [0.15, 0.2) is 0 Å². The molecule has 0 unspecified atom stereocenters. The van der Waals surface area contributed by atoms with Gasteiger partial charge in [-0.15, -0.1) is 10.1 Å². The predicted molar refractivity (Wildman–Crippen MR) is 104 cm³/mol. The second-order valence-electron chi connectivity index (χ2n) is 9.00. The molecule has 0 spiro atoms. The minimum atomic E-state index is -1.10. The van der Waals surface area contributed by atoms with E-state index in [1.807, 2.05) is 0 Å². The Morgan fingerprint density at radius 3 is 1.42 bits per heavy atom. The lowest BCUT2D eigenvalue weighted by atomic mass is 9.89. The van der Waals surface area contributed by atoms with Crippen LogP contribution in [-0.2, 0) is 43.2 Å². The second kappa shape index (κ2) is 9.16. The van der Waals surface area contributed by atoms with Gasteiger partial charge in [0.05, 0.1) is 11.8 Å². The van der Waals surface area contributed by atoms with Crippen molar-refractivity contribution in [3.8, 4) is 0 Å². The monoisotopic (exact) mass is 467 g/mol. The molecule has 33 heavy (non-hydrogen) atoms. The summed E-state index contributed by atoms with van der Waals surface area (Å²) in [5.74, 6) is -6.86. The highest BCUT2D eigenvalue weighted by Gasteiger charge is 2.44. The van der Waals surface area contributed by atoms with Gasteiger partial charge in [0.1, 0.15) is 5.60 Å². The van der Waals surface area contributed by atoms with Crippen LogP contribution >= 0.6 is 0 Å². The molecule has 0 saturated carbocycles. The maximum absolute atomic E-state index is 12.7. The molecule has 5 amide bonds. The molecule has 3 fully saturated rings. The van der Waals surface area contributed by atoms with Gasteiger partial charge in [-0.2, -0.15) is 0 Å². The summed E-state index contributed by atoms with van der Waals surface area (Å²) in [7, 11) is 0. The van der Waals surface area contributed by atoms with E-state index < -0.39 is 59.1 Å². The molecular weight excluding hydrogens is 442 g/mol. The van der Waals surface area contributed by atoms with Gasteiger partial charge in [0, 0.05) is 38.8 Å². The van der Waals surface area contributed by atoms with Gasteiger partial charge in [0.2, 0.25) is 0 Å². The lowest BCUT2D eigenvalue weighted by Gasteiger charge is -2.36. The fraction of sp³-hybridized carbons (Fsp3) is 0.650. The number of nitrogens with zero attached hydrogens (tertiary/aromatic N) is 3. The van der Waals surface area contributed by atoms with Crippen LogP contribution in [0.5, 0.6) is 0 Å². The van der Waals surface area contributed by atoms with Gasteiger partial charge in [-0.05, 0) is 27.2 Å². The summed E-state index contributed by atoms with van der Waals surface area (Å²) in [6.45, 7) is 4.52. The van der Waals surface area contributed by atoms with E-state index in [2.05, 4.69) is 0 Å². The average Bonchev–Trinajstić information content (AvgIpc) is 3.22. The van der Waals surface area contributed by atoms with Gasteiger partial charge in [-0.1, -0.05) is 0 Å². The Bertz CT molecular complexity index is 818. The number of piperidine rings is 1. The Morgan fingerprint density at radius 1 is 0.727 bits per heavy atom. The van der Waals surface area contributed by atoms with E-state index in [-0.39, 0.29) is 45.2 Å². The molecule has 13 nitrogen and oxygen atoms in total. The first-order valence-electron chi connectivity index (χ1n) is 10.5. The Hall–Kier alpha value is -3.51. The van der Waals surface area contributed by atoms with Crippen LogP contribution in [0.4, 0.5) is 4.79 Å². The molecule has 0 aliphatic carbocycles. The van der Waals surface area contributed by atoms with E-state index in [0.717, 1.165) is 4.90 Å². The van der Waals surface area contributed by atoms with Crippen LogP contribution in [-0.4, -0.2) is 75.4 Å². The van der Waals surface area contributed by atoms with Crippen molar-refractivity contribution in [1.29, 1.82) is 0 Å². The summed E-state index contributed by atoms with van der Waals surface area (Å²) in [5.41, 5.74) is -0.858. The minimum Gasteiger partial charge on any atom is -0.444 e. The lowest BCUT2D eigenvalue weighted by molar-refractivity contribution is -0.206. The standard InChI is InChI=1S/C20H25N3O10/c1-20(2,3)31-19(30)21-9-11(17(28)32-22-13(24)4-5-14(22)25)8-12(10-21)18(29)33-23-15(26)6-7-16(23)27/h11-12H,4-10H2,1-3H3/t11-,12+. The van der Waals surface area contributed by atoms with E-state index in [1.165, 1.54) is 0 Å². The van der Waals surface area contributed by atoms with Crippen LogP contribution < -0.4 is 0 Å². The molecule has 2 atom stereocenters. The molecular formula is C20H25N3O10. The van der Waals surface area contributed by atoms with E-state index in [0.29, 0.717) is 10.1 Å². The number of amides is 5. The quantitative estimate of drug-likeness (QED) is 0.518. The number of rotatable bonds is 4. The van der Waals surface area contributed by atoms with Crippen molar-refractivity contribution in [3.63, 3.8) is 0 Å². The van der Waals surface area contributed by atoms with Crippen molar-refractivity contribution >= 4 is 41.7 Å². The second-order valence-corrected chi connectivity index (χ2v) is 9.00. The number of carbonyl (C=O) groups is 7. The third kappa shape index (κ3) is 5.65. The molecule has 0 bridgehead atoms. The van der Waals surface area contributed by atoms with E-state index >= 15 is 0 Å². The van der Waals surface area contributed by atoms with Crippen LogP contribution in [0.2, 0.25) is 0 Å². The van der Waals surface area contributed by atoms with Gasteiger partial charge >= 0.3 is 18.0 Å².